The first-order valence-electron chi connectivity index (χ1n) is 6.65. The lowest BCUT2D eigenvalue weighted by Gasteiger charge is -2.14. The van der Waals surface area contributed by atoms with Gasteiger partial charge < -0.3 is 5.11 Å². The number of benzene rings is 2. The standard InChI is InChI=1S/C17H19BrO/c1-3-12(2)13-7-9-14(10-8-13)17(19)15-5-4-6-16(18)11-15/h4-12,17,19H,3H2,1-2H3. The quantitative estimate of drug-likeness (QED) is 0.836. The van der Waals surface area contributed by atoms with Gasteiger partial charge in [-0.1, -0.05) is 66.2 Å². The molecular formula is C17H19BrO. The summed E-state index contributed by atoms with van der Waals surface area (Å²) in [7, 11) is 0. The smallest absolute Gasteiger partial charge is 0.104 e. The molecule has 0 saturated heterocycles. The van der Waals surface area contributed by atoms with Crippen molar-refractivity contribution in [2.45, 2.75) is 32.3 Å². The summed E-state index contributed by atoms with van der Waals surface area (Å²) < 4.78 is 0.986. The summed E-state index contributed by atoms with van der Waals surface area (Å²) in [6.45, 7) is 4.41. The van der Waals surface area contributed by atoms with Crippen LogP contribution in [0, 0.1) is 0 Å². The van der Waals surface area contributed by atoms with Crippen molar-refractivity contribution in [2.75, 3.05) is 0 Å². The minimum atomic E-state index is -0.566. The highest BCUT2D eigenvalue weighted by Crippen LogP contribution is 2.26. The fourth-order valence-corrected chi connectivity index (χ4v) is 2.53. The van der Waals surface area contributed by atoms with Crippen LogP contribution in [-0.4, -0.2) is 5.11 Å². The maximum Gasteiger partial charge on any atom is 0.104 e. The van der Waals surface area contributed by atoms with E-state index < -0.39 is 6.10 Å². The Hall–Kier alpha value is -1.12. The molecule has 2 aromatic carbocycles. The zero-order valence-corrected chi connectivity index (χ0v) is 12.9. The Morgan fingerprint density at radius 3 is 2.21 bits per heavy atom. The first-order valence-corrected chi connectivity index (χ1v) is 7.44. The maximum absolute atomic E-state index is 10.4. The molecule has 2 rings (SSSR count). The summed E-state index contributed by atoms with van der Waals surface area (Å²) in [5, 5.41) is 10.4. The second kappa shape index (κ2) is 6.36. The first-order chi connectivity index (χ1) is 9.11. The molecule has 0 fully saturated rings. The fourth-order valence-electron chi connectivity index (χ4n) is 2.11. The van der Waals surface area contributed by atoms with Crippen LogP contribution in [0.4, 0.5) is 0 Å². The van der Waals surface area contributed by atoms with Crippen LogP contribution in [0.3, 0.4) is 0 Å². The summed E-state index contributed by atoms with van der Waals surface area (Å²) in [6, 6.07) is 16.1. The van der Waals surface area contributed by atoms with Crippen LogP contribution in [0.25, 0.3) is 0 Å². The van der Waals surface area contributed by atoms with Gasteiger partial charge in [-0.05, 0) is 41.2 Å². The highest BCUT2D eigenvalue weighted by Gasteiger charge is 2.11. The lowest BCUT2D eigenvalue weighted by Crippen LogP contribution is -2.00. The molecule has 0 bridgehead atoms. The molecule has 1 N–H and O–H groups in total. The average Bonchev–Trinajstić information content (AvgIpc) is 2.46. The number of halogens is 1. The second-order valence-corrected chi connectivity index (χ2v) is 5.85. The van der Waals surface area contributed by atoms with Crippen molar-refractivity contribution in [3.05, 3.63) is 69.7 Å². The van der Waals surface area contributed by atoms with E-state index in [1.807, 2.05) is 36.4 Å². The van der Waals surface area contributed by atoms with E-state index in [0.29, 0.717) is 5.92 Å². The molecule has 0 saturated carbocycles. The molecule has 0 spiro atoms. The third kappa shape index (κ3) is 3.46. The van der Waals surface area contributed by atoms with E-state index in [1.54, 1.807) is 0 Å². The predicted molar refractivity (Wildman–Crippen MR) is 83.4 cm³/mol. The predicted octanol–water partition coefficient (Wildman–Crippen LogP) is 5.04. The minimum absolute atomic E-state index is 0.566. The van der Waals surface area contributed by atoms with Gasteiger partial charge in [0, 0.05) is 4.47 Å². The van der Waals surface area contributed by atoms with Gasteiger partial charge in [0.05, 0.1) is 0 Å². The molecular weight excluding hydrogens is 300 g/mol. The number of hydrogen-bond acceptors (Lipinski definition) is 1. The summed E-state index contributed by atoms with van der Waals surface area (Å²) in [6.07, 6.45) is 0.566. The van der Waals surface area contributed by atoms with Gasteiger partial charge in [0.15, 0.2) is 0 Å². The molecule has 2 unspecified atom stereocenters. The Labute approximate surface area is 123 Å². The number of aliphatic hydroxyl groups is 1. The van der Waals surface area contributed by atoms with Crippen LogP contribution in [0.1, 0.15) is 49.0 Å². The molecule has 0 aliphatic heterocycles. The summed E-state index contributed by atoms with van der Waals surface area (Å²) >= 11 is 3.43. The van der Waals surface area contributed by atoms with Crippen LogP contribution in [0.5, 0.6) is 0 Å². The van der Waals surface area contributed by atoms with Gasteiger partial charge in [-0.25, -0.2) is 0 Å². The monoisotopic (exact) mass is 318 g/mol. The number of rotatable bonds is 4. The van der Waals surface area contributed by atoms with Crippen LogP contribution < -0.4 is 0 Å². The van der Waals surface area contributed by atoms with Crippen LogP contribution in [-0.2, 0) is 0 Å². The Morgan fingerprint density at radius 2 is 1.63 bits per heavy atom. The van der Waals surface area contributed by atoms with Crippen molar-refractivity contribution >= 4 is 15.9 Å². The lowest BCUT2D eigenvalue weighted by atomic mass is 9.95. The van der Waals surface area contributed by atoms with Gasteiger partial charge in [0.1, 0.15) is 6.10 Å². The topological polar surface area (TPSA) is 20.2 Å². The van der Waals surface area contributed by atoms with E-state index in [0.717, 1.165) is 22.0 Å². The van der Waals surface area contributed by atoms with Gasteiger partial charge >= 0.3 is 0 Å². The third-order valence-electron chi connectivity index (χ3n) is 3.60. The second-order valence-electron chi connectivity index (χ2n) is 4.93. The molecule has 2 atom stereocenters. The molecule has 1 nitrogen and oxygen atoms in total. The SMILES string of the molecule is CCC(C)c1ccc(C(O)c2cccc(Br)c2)cc1. The Balaban J connectivity index is 2.22. The van der Waals surface area contributed by atoms with Crippen molar-refractivity contribution in [3.8, 4) is 0 Å². The normalized spacial score (nSPS) is 14.1. The Bertz CT molecular complexity index is 533. The molecule has 0 amide bonds. The molecule has 0 aromatic heterocycles. The molecule has 0 aliphatic rings. The summed E-state index contributed by atoms with van der Waals surface area (Å²) in [4.78, 5) is 0. The van der Waals surface area contributed by atoms with Crippen molar-refractivity contribution in [2.24, 2.45) is 0 Å². The average molecular weight is 319 g/mol. The summed E-state index contributed by atoms with van der Waals surface area (Å²) in [5.41, 5.74) is 3.17. The molecule has 2 heteroatoms. The molecule has 0 heterocycles. The van der Waals surface area contributed by atoms with E-state index in [2.05, 4.69) is 41.9 Å². The van der Waals surface area contributed by atoms with Crippen molar-refractivity contribution in [3.63, 3.8) is 0 Å². The Kier molecular flexibility index (Phi) is 4.78. The van der Waals surface area contributed by atoms with Crippen molar-refractivity contribution < 1.29 is 5.11 Å². The minimum Gasteiger partial charge on any atom is -0.384 e. The molecule has 19 heavy (non-hydrogen) atoms. The van der Waals surface area contributed by atoms with Gasteiger partial charge in [-0.2, -0.15) is 0 Å². The first kappa shape index (κ1) is 14.3. The molecule has 0 aliphatic carbocycles. The van der Waals surface area contributed by atoms with Gasteiger partial charge in [-0.15, -0.1) is 0 Å². The van der Waals surface area contributed by atoms with Crippen LogP contribution >= 0.6 is 15.9 Å². The number of aliphatic hydroxyl groups excluding tert-OH is 1. The lowest BCUT2D eigenvalue weighted by molar-refractivity contribution is 0.220. The molecule has 2 aromatic rings. The van der Waals surface area contributed by atoms with Crippen LogP contribution in [0.2, 0.25) is 0 Å². The van der Waals surface area contributed by atoms with E-state index in [-0.39, 0.29) is 0 Å². The maximum atomic E-state index is 10.4. The largest absolute Gasteiger partial charge is 0.384 e. The highest BCUT2D eigenvalue weighted by molar-refractivity contribution is 9.10. The van der Waals surface area contributed by atoms with Crippen LogP contribution in [0.15, 0.2) is 53.0 Å². The van der Waals surface area contributed by atoms with Gasteiger partial charge in [0.2, 0.25) is 0 Å². The van der Waals surface area contributed by atoms with Gasteiger partial charge in [-0.3, -0.25) is 0 Å². The third-order valence-corrected chi connectivity index (χ3v) is 4.09. The molecule has 0 radical (unpaired) electrons. The van der Waals surface area contributed by atoms with Crippen molar-refractivity contribution in [1.29, 1.82) is 0 Å². The molecule has 100 valence electrons. The zero-order valence-electron chi connectivity index (χ0n) is 11.3. The summed E-state index contributed by atoms with van der Waals surface area (Å²) in [5.74, 6) is 0.567. The van der Waals surface area contributed by atoms with E-state index in [1.165, 1.54) is 5.56 Å². The highest BCUT2D eigenvalue weighted by atomic mass is 79.9. The van der Waals surface area contributed by atoms with E-state index >= 15 is 0 Å². The van der Waals surface area contributed by atoms with Gasteiger partial charge in [0.25, 0.3) is 0 Å². The van der Waals surface area contributed by atoms with E-state index in [4.69, 9.17) is 0 Å². The Morgan fingerprint density at radius 1 is 1.00 bits per heavy atom. The van der Waals surface area contributed by atoms with Crippen molar-refractivity contribution in [1.82, 2.24) is 0 Å². The van der Waals surface area contributed by atoms with E-state index in [9.17, 15) is 5.11 Å². The number of hydrogen-bond donors (Lipinski definition) is 1. The zero-order chi connectivity index (χ0) is 13.8. The fraction of sp³-hybridized carbons (Fsp3) is 0.294.